The van der Waals surface area contributed by atoms with Gasteiger partial charge in [0.1, 0.15) is 5.82 Å². The molecule has 0 unspecified atom stereocenters. The highest BCUT2D eigenvalue weighted by molar-refractivity contribution is 6.30. The predicted octanol–water partition coefficient (Wildman–Crippen LogP) is 2.43. The maximum atomic E-state index is 14.0. The molecule has 1 aliphatic rings. The molecule has 6 heteroatoms. The monoisotopic (exact) mass is 312 g/mol. The van der Waals surface area contributed by atoms with E-state index in [0.29, 0.717) is 17.1 Å². The molecule has 2 amide bonds. The Morgan fingerprint density at radius 2 is 2.19 bits per heavy atom. The second-order valence-corrected chi connectivity index (χ2v) is 6.04. The summed E-state index contributed by atoms with van der Waals surface area (Å²) < 4.78 is 14.0. The molecule has 1 aromatic carbocycles. The summed E-state index contributed by atoms with van der Waals surface area (Å²) in [4.78, 5) is 23.4. The first-order valence-electron chi connectivity index (χ1n) is 6.90. The van der Waals surface area contributed by atoms with Crippen molar-refractivity contribution in [3.63, 3.8) is 0 Å². The number of hydrogen-bond acceptors (Lipinski definition) is 2. The van der Waals surface area contributed by atoms with Crippen molar-refractivity contribution < 1.29 is 14.0 Å². The van der Waals surface area contributed by atoms with E-state index in [-0.39, 0.29) is 24.2 Å². The van der Waals surface area contributed by atoms with Crippen molar-refractivity contribution in [3.05, 3.63) is 34.6 Å². The molecule has 1 heterocycles. The lowest BCUT2D eigenvalue weighted by molar-refractivity contribution is -0.127. The van der Waals surface area contributed by atoms with E-state index >= 15 is 0 Å². The molecule has 0 radical (unpaired) electrons. The first-order chi connectivity index (χ1) is 9.88. The molecule has 0 spiro atoms. The maximum absolute atomic E-state index is 14.0. The zero-order chi connectivity index (χ0) is 15.6. The maximum Gasteiger partial charge on any atom is 0.225 e. The minimum atomic E-state index is -0.453. The van der Waals surface area contributed by atoms with Crippen LogP contribution in [0.3, 0.4) is 0 Å². The van der Waals surface area contributed by atoms with E-state index in [4.69, 9.17) is 11.6 Å². The van der Waals surface area contributed by atoms with Gasteiger partial charge in [0.2, 0.25) is 11.8 Å². The van der Waals surface area contributed by atoms with Gasteiger partial charge in [-0.25, -0.2) is 4.39 Å². The van der Waals surface area contributed by atoms with E-state index in [1.807, 2.05) is 13.8 Å². The number of hydrogen-bond donors (Lipinski definition) is 2. The van der Waals surface area contributed by atoms with Crippen LogP contribution in [0, 0.1) is 17.7 Å². The van der Waals surface area contributed by atoms with Gasteiger partial charge in [-0.3, -0.25) is 9.59 Å². The normalized spacial score (nSPS) is 19.5. The van der Waals surface area contributed by atoms with Crippen LogP contribution in [0.4, 0.5) is 4.39 Å². The van der Waals surface area contributed by atoms with Gasteiger partial charge in [-0.1, -0.05) is 31.5 Å². The van der Waals surface area contributed by atoms with Crippen LogP contribution in [-0.2, 0) is 9.59 Å². The Balaban J connectivity index is 2.16. The third-order valence-corrected chi connectivity index (χ3v) is 3.85. The van der Waals surface area contributed by atoms with E-state index in [2.05, 4.69) is 10.6 Å². The third-order valence-electron chi connectivity index (χ3n) is 3.61. The molecule has 1 aromatic rings. The Morgan fingerprint density at radius 3 is 2.71 bits per heavy atom. The molecule has 0 saturated carbocycles. The number of nitrogens with one attached hydrogen (secondary N) is 2. The summed E-state index contributed by atoms with van der Waals surface area (Å²) in [5, 5.41) is 5.78. The molecule has 4 nitrogen and oxygen atoms in total. The minimum absolute atomic E-state index is 0.00897. The summed E-state index contributed by atoms with van der Waals surface area (Å²) in [5.74, 6) is -1.19. The van der Waals surface area contributed by atoms with Crippen LogP contribution in [-0.4, -0.2) is 18.4 Å². The molecular weight excluding hydrogens is 295 g/mol. The second kappa shape index (κ2) is 6.43. The van der Waals surface area contributed by atoms with Gasteiger partial charge in [-0.2, -0.15) is 0 Å². The zero-order valence-corrected chi connectivity index (χ0v) is 12.7. The number of carbonyl (C=O) groups is 2. The van der Waals surface area contributed by atoms with Crippen molar-refractivity contribution in [3.8, 4) is 0 Å². The summed E-state index contributed by atoms with van der Waals surface area (Å²) in [6, 6.07) is 3.97. The molecule has 2 atom stereocenters. The molecule has 114 valence electrons. The standard InChI is InChI=1S/C15H18ClFN2O2/c1-8(2)14(11-4-3-10(16)6-12(11)17)19-15(21)9-5-13(20)18-7-9/h3-4,6,8-9,14H,5,7H2,1-2H3,(H,18,20)(H,19,21)/t9-,14+/m0/s1. The molecule has 1 aliphatic heterocycles. The van der Waals surface area contributed by atoms with Gasteiger partial charge in [0.25, 0.3) is 0 Å². The average molecular weight is 313 g/mol. The van der Waals surface area contributed by atoms with Crippen LogP contribution in [0.25, 0.3) is 0 Å². The highest BCUT2D eigenvalue weighted by Crippen LogP contribution is 2.27. The molecule has 0 aromatic heterocycles. The van der Waals surface area contributed by atoms with E-state index in [1.165, 1.54) is 6.07 Å². The van der Waals surface area contributed by atoms with Gasteiger partial charge in [-0.15, -0.1) is 0 Å². The zero-order valence-electron chi connectivity index (χ0n) is 12.0. The summed E-state index contributed by atoms with van der Waals surface area (Å²) in [7, 11) is 0. The van der Waals surface area contributed by atoms with Crippen LogP contribution in [0.1, 0.15) is 31.9 Å². The second-order valence-electron chi connectivity index (χ2n) is 5.60. The van der Waals surface area contributed by atoms with Crippen molar-refractivity contribution >= 4 is 23.4 Å². The Bertz CT molecular complexity index is 563. The fourth-order valence-corrected chi connectivity index (χ4v) is 2.58. The van der Waals surface area contributed by atoms with Gasteiger partial charge in [0.15, 0.2) is 0 Å². The lowest BCUT2D eigenvalue weighted by atomic mass is 9.94. The Hall–Kier alpha value is -1.62. The largest absolute Gasteiger partial charge is 0.355 e. The van der Waals surface area contributed by atoms with Gasteiger partial charge in [0.05, 0.1) is 12.0 Å². The SMILES string of the molecule is CC(C)[C@@H](NC(=O)[C@@H]1CNC(=O)C1)c1ccc(Cl)cc1F. The molecule has 2 rings (SSSR count). The van der Waals surface area contributed by atoms with E-state index in [0.717, 1.165) is 0 Å². The summed E-state index contributed by atoms with van der Waals surface area (Å²) >= 11 is 5.75. The number of carbonyl (C=O) groups excluding carboxylic acids is 2. The van der Waals surface area contributed by atoms with Gasteiger partial charge < -0.3 is 10.6 Å². The minimum Gasteiger partial charge on any atom is -0.355 e. The Labute approximate surface area is 128 Å². The molecule has 2 N–H and O–H groups in total. The lowest BCUT2D eigenvalue weighted by Crippen LogP contribution is -2.37. The highest BCUT2D eigenvalue weighted by Gasteiger charge is 2.30. The lowest BCUT2D eigenvalue weighted by Gasteiger charge is -2.24. The van der Waals surface area contributed by atoms with Crippen molar-refractivity contribution in [2.75, 3.05) is 6.54 Å². The molecule has 1 saturated heterocycles. The van der Waals surface area contributed by atoms with Crippen LogP contribution >= 0.6 is 11.6 Å². The number of rotatable bonds is 4. The highest BCUT2D eigenvalue weighted by atomic mass is 35.5. The van der Waals surface area contributed by atoms with Gasteiger partial charge in [0, 0.05) is 23.6 Å². The van der Waals surface area contributed by atoms with Crippen LogP contribution in [0.5, 0.6) is 0 Å². The summed E-state index contributed by atoms with van der Waals surface area (Å²) in [6.07, 6.45) is 0.180. The van der Waals surface area contributed by atoms with Crippen molar-refractivity contribution in [2.45, 2.75) is 26.3 Å². The predicted molar refractivity (Wildman–Crippen MR) is 78.2 cm³/mol. The first kappa shape index (κ1) is 15.8. The molecule has 1 fully saturated rings. The van der Waals surface area contributed by atoms with Crippen LogP contribution < -0.4 is 10.6 Å². The molecule has 21 heavy (non-hydrogen) atoms. The smallest absolute Gasteiger partial charge is 0.225 e. The topological polar surface area (TPSA) is 58.2 Å². The van der Waals surface area contributed by atoms with E-state index < -0.39 is 17.8 Å². The van der Waals surface area contributed by atoms with E-state index in [1.54, 1.807) is 12.1 Å². The van der Waals surface area contributed by atoms with Gasteiger partial charge >= 0.3 is 0 Å². The summed E-state index contributed by atoms with van der Waals surface area (Å²) in [6.45, 7) is 4.13. The number of benzene rings is 1. The van der Waals surface area contributed by atoms with Crippen molar-refractivity contribution in [1.82, 2.24) is 10.6 Å². The third kappa shape index (κ3) is 3.73. The van der Waals surface area contributed by atoms with Crippen molar-refractivity contribution in [2.24, 2.45) is 11.8 Å². The summed E-state index contributed by atoms with van der Waals surface area (Å²) in [5.41, 5.74) is 0.403. The fourth-order valence-electron chi connectivity index (χ4n) is 2.42. The number of halogens is 2. The van der Waals surface area contributed by atoms with Crippen molar-refractivity contribution in [1.29, 1.82) is 0 Å². The first-order valence-corrected chi connectivity index (χ1v) is 7.28. The molecular formula is C15H18ClFN2O2. The van der Waals surface area contributed by atoms with Gasteiger partial charge in [-0.05, 0) is 18.1 Å². The Morgan fingerprint density at radius 1 is 1.48 bits per heavy atom. The Kier molecular flexibility index (Phi) is 4.83. The molecule has 0 bridgehead atoms. The quantitative estimate of drug-likeness (QED) is 0.897. The number of amides is 2. The van der Waals surface area contributed by atoms with E-state index in [9.17, 15) is 14.0 Å². The average Bonchev–Trinajstić information content (AvgIpc) is 2.83. The van der Waals surface area contributed by atoms with Crippen LogP contribution in [0.2, 0.25) is 5.02 Å². The van der Waals surface area contributed by atoms with Crippen LogP contribution in [0.15, 0.2) is 18.2 Å². The fraction of sp³-hybridized carbons (Fsp3) is 0.467. The molecule has 0 aliphatic carbocycles.